The molecule has 0 saturated heterocycles. The SMILES string of the molecule is C[C@H](NC(c1cccs1)C1CC1)c1ccccn1. The van der Waals surface area contributed by atoms with E-state index in [2.05, 4.69) is 46.9 Å². The normalized spacial score (nSPS) is 18.5. The number of hydrogen-bond acceptors (Lipinski definition) is 3. The Morgan fingerprint density at radius 3 is 2.78 bits per heavy atom. The summed E-state index contributed by atoms with van der Waals surface area (Å²) in [5.74, 6) is 0.815. The van der Waals surface area contributed by atoms with E-state index in [9.17, 15) is 0 Å². The van der Waals surface area contributed by atoms with E-state index in [-0.39, 0.29) is 0 Å². The van der Waals surface area contributed by atoms with Crippen molar-refractivity contribution in [2.45, 2.75) is 31.8 Å². The van der Waals surface area contributed by atoms with E-state index >= 15 is 0 Å². The number of rotatable bonds is 5. The first-order valence-corrected chi connectivity index (χ1v) is 7.43. The fourth-order valence-electron chi connectivity index (χ4n) is 2.34. The third-order valence-electron chi connectivity index (χ3n) is 3.50. The molecule has 1 unspecified atom stereocenters. The fourth-order valence-corrected chi connectivity index (χ4v) is 3.21. The van der Waals surface area contributed by atoms with Crippen LogP contribution in [0.5, 0.6) is 0 Å². The van der Waals surface area contributed by atoms with Crippen molar-refractivity contribution in [1.29, 1.82) is 0 Å². The van der Waals surface area contributed by atoms with Gasteiger partial charge in [-0.25, -0.2) is 0 Å². The second-order valence-electron chi connectivity index (χ2n) is 4.97. The van der Waals surface area contributed by atoms with E-state index < -0.39 is 0 Å². The van der Waals surface area contributed by atoms with Crippen LogP contribution >= 0.6 is 11.3 Å². The topological polar surface area (TPSA) is 24.9 Å². The van der Waals surface area contributed by atoms with Crippen molar-refractivity contribution in [3.05, 3.63) is 52.5 Å². The average molecular weight is 258 g/mol. The van der Waals surface area contributed by atoms with Crippen LogP contribution in [0.4, 0.5) is 0 Å². The zero-order valence-electron chi connectivity index (χ0n) is 10.5. The molecule has 3 heteroatoms. The quantitative estimate of drug-likeness (QED) is 0.878. The van der Waals surface area contributed by atoms with Gasteiger partial charge in [-0.05, 0) is 49.3 Å². The van der Waals surface area contributed by atoms with Crippen LogP contribution < -0.4 is 5.32 Å². The molecule has 2 aromatic heterocycles. The Morgan fingerprint density at radius 1 is 1.28 bits per heavy atom. The second-order valence-corrected chi connectivity index (χ2v) is 5.95. The smallest absolute Gasteiger partial charge is 0.0570 e. The summed E-state index contributed by atoms with van der Waals surface area (Å²) in [6, 6.07) is 11.3. The summed E-state index contributed by atoms with van der Waals surface area (Å²) in [4.78, 5) is 5.89. The monoisotopic (exact) mass is 258 g/mol. The molecule has 94 valence electrons. The molecule has 1 aliphatic carbocycles. The van der Waals surface area contributed by atoms with Gasteiger partial charge in [0.25, 0.3) is 0 Å². The lowest BCUT2D eigenvalue weighted by molar-refractivity contribution is 0.427. The molecule has 2 aromatic rings. The molecule has 3 rings (SSSR count). The van der Waals surface area contributed by atoms with Crippen LogP contribution in [0.15, 0.2) is 41.9 Å². The molecule has 0 bridgehead atoms. The maximum Gasteiger partial charge on any atom is 0.0570 e. The molecule has 2 heterocycles. The zero-order chi connectivity index (χ0) is 12.4. The maximum atomic E-state index is 4.43. The van der Waals surface area contributed by atoms with Crippen molar-refractivity contribution in [3.8, 4) is 0 Å². The predicted octanol–water partition coefficient (Wildman–Crippen LogP) is 3.95. The van der Waals surface area contributed by atoms with Crippen LogP contribution in [0, 0.1) is 5.92 Å². The first-order chi connectivity index (χ1) is 8.84. The van der Waals surface area contributed by atoms with Crippen molar-refractivity contribution in [3.63, 3.8) is 0 Å². The van der Waals surface area contributed by atoms with E-state index in [1.54, 1.807) is 0 Å². The highest BCUT2D eigenvalue weighted by Gasteiger charge is 2.33. The Balaban J connectivity index is 1.73. The summed E-state index contributed by atoms with van der Waals surface area (Å²) in [5, 5.41) is 5.91. The van der Waals surface area contributed by atoms with E-state index in [0.29, 0.717) is 12.1 Å². The van der Waals surface area contributed by atoms with Crippen LogP contribution in [0.1, 0.15) is 42.4 Å². The highest BCUT2D eigenvalue weighted by Crippen LogP contribution is 2.43. The second kappa shape index (κ2) is 5.21. The van der Waals surface area contributed by atoms with Crippen LogP contribution in [0.25, 0.3) is 0 Å². The lowest BCUT2D eigenvalue weighted by atomic mass is 10.1. The summed E-state index contributed by atoms with van der Waals surface area (Å²) in [5.41, 5.74) is 1.12. The van der Waals surface area contributed by atoms with Gasteiger partial charge in [-0.15, -0.1) is 11.3 Å². The van der Waals surface area contributed by atoms with Gasteiger partial charge in [0.1, 0.15) is 0 Å². The van der Waals surface area contributed by atoms with Gasteiger partial charge in [0.05, 0.1) is 5.69 Å². The molecule has 18 heavy (non-hydrogen) atoms. The van der Waals surface area contributed by atoms with Crippen molar-refractivity contribution >= 4 is 11.3 Å². The molecule has 0 aliphatic heterocycles. The van der Waals surface area contributed by atoms with Crippen LogP contribution in [-0.4, -0.2) is 4.98 Å². The maximum absolute atomic E-state index is 4.43. The molecular formula is C15H18N2S. The molecule has 0 spiro atoms. The molecule has 1 saturated carbocycles. The summed E-state index contributed by atoms with van der Waals surface area (Å²) >= 11 is 1.85. The van der Waals surface area contributed by atoms with Gasteiger partial charge in [0.2, 0.25) is 0 Å². The average Bonchev–Trinajstić information content (AvgIpc) is 3.11. The number of hydrogen-bond donors (Lipinski definition) is 1. The number of thiophene rings is 1. The summed E-state index contributed by atoms with van der Waals surface area (Å²) < 4.78 is 0. The molecule has 0 aromatic carbocycles. The Bertz CT molecular complexity index is 476. The Kier molecular flexibility index (Phi) is 3.43. The first kappa shape index (κ1) is 11.9. The lowest BCUT2D eigenvalue weighted by Crippen LogP contribution is -2.26. The minimum absolute atomic E-state index is 0.305. The summed E-state index contributed by atoms with van der Waals surface area (Å²) in [6.45, 7) is 2.20. The molecule has 0 radical (unpaired) electrons. The Labute approximate surface area is 112 Å². The molecular weight excluding hydrogens is 240 g/mol. The highest BCUT2D eigenvalue weighted by atomic mass is 32.1. The standard InChI is InChI=1S/C15H18N2S/c1-11(13-5-2-3-9-16-13)17-15(12-7-8-12)14-6-4-10-18-14/h2-6,9-12,15,17H,7-8H2,1H3/t11-,15?/m0/s1. The zero-order valence-corrected chi connectivity index (χ0v) is 11.4. The number of pyridine rings is 1. The Hall–Kier alpha value is -1.19. The van der Waals surface area contributed by atoms with Gasteiger partial charge in [-0.1, -0.05) is 12.1 Å². The predicted molar refractivity (Wildman–Crippen MR) is 75.6 cm³/mol. The van der Waals surface area contributed by atoms with Gasteiger partial charge >= 0.3 is 0 Å². The number of nitrogens with zero attached hydrogens (tertiary/aromatic N) is 1. The summed E-state index contributed by atoms with van der Waals surface area (Å²) in [6.07, 6.45) is 4.57. The summed E-state index contributed by atoms with van der Waals surface area (Å²) in [7, 11) is 0. The fraction of sp³-hybridized carbons (Fsp3) is 0.400. The highest BCUT2D eigenvalue weighted by molar-refractivity contribution is 7.10. The number of nitrogens with one attached hydrogen (secondary N) is 1. The molecule has 0 amide bonds. The van der Waals surface area contributed by atoms with Crippen molar-refractivity contribution < 1.29 is 0 Å². The van der Waals surface area contributed by atoms with Gasteiger partial charge in [0.15, 0.2) is 0 Å². The molecule has 1 N–H and O–H groups in total. The lowest BCUT2D eigenvalue weighted by Gasteiger charge is -2.22. The first-order valence-electron chi connectivity index (χ1n) is 6.55. The minimum atomic E-state index is 0.305. The van der Waals surface area contributed by atoms with Crippen LogP contribution in [0.3, 0.4) is 0 Å². The third-order valence-corrected chi connectivity index (χ3v) is 4.46. The van der Waals surface area contributed by atoms with E-state index in [4.69, 9.17) is 0 Å². The minimum Gasteiger partial charge on any atom is -0.301 e. The molecule has 2 nitrogen and oxygen atoms in total. The van der Waals surface area contributed by atoms with Gasteiger partial charge < -0.3 is 5.32 Å². The third kappa shape index (κ3) is 2.62. The van der Waals surface area contributed by atoms with E-state index in [1.165, 1.54) is 17.7 Å². The molecule has 1 fully saturated rings. The van der Waals surface area contributed by atoms with E-state index in [0.717, 1.165) is 11.6 Å². The van der Waals surface area contributed by atoms with Gasteiger partial charge in [0, 0.05) is 23.2 Å². The van der Waals surface area contributed by atoms with Crippen LogP contribution in [-0.2, 0) is 0 Å². The van der Waals surface area contributed by atoms with Crippen LogP contribution in [0.2, 0.25) is 0 Å². The largest absolute Gasteiger partial charge is 0.301 e. The number of aromatic nitrogens is 1. The Morgan fingerprint density at radius 2 is 2.17 bits per heavy atom. The van der Waals surface area contributed by atoms with E-state index in [1.807, 2.05) is 23.6 Å². The van der Waals surface area contributed by atoms with Crippen molar-refractivity contribution in [1.82, 2.24) is 10.3 Å². The van der Waals surface area contributed by atoms with Gasteiger partial charge in [-0.3, -0.25) is 4.98 Å². The molecule has 1 aliphatic rings. The van der Waals surface area contributed by atoms with Crippen molar-refractivity contribution in [2.24, 2.45) is 5.92 Å². The van der Waals surface area contributed by atoms with Crippen molar-refractivity contribution in [2.75, 3.05) is 0 Å². The van der Waals surface area contributed by atoms with Gasteiger partial charge in [-0.2, -0.15) is 0 Å². The molecule has 2 atom stereocenters.